The Balaban J connectivity index is 1.62. The van der Waals surface area contributed by atoms with E-state index in [-0.39, 0.29) is 11.8 Å². The first-order chi connectivity index (χ1) is 14.0. The molecule has 0 spiro atoms. The van der Waals surface area contributed by atoms with Gasteiger partial charge in [-0.25, -0.2) is 0 Å². The molecule has 7 heteroatoms. The molecule has 1 aliphatic heterocycles. The van der Waals surface area contributed by atoms with E-state index in [0.717, 1.165) is 11.3 Å². The van der Waals surface area contributed by atoms with Crippen molar-refractivity contribution in [3.05, 3.63) is 59.0 Å². The Bertz CT molecular complexity index is 899. The summed E-state index contributed by atoms with van der Waals surface area (Å²) in [6, 6.07) is 15.3. The van der Waals surface area contributed by atoms with E-state index in [1.807, 2.05) is 55.5 Å². The highest BCUT2D eigenvalue weighted by Crippen LogP contribution is 2.32. The molecule has 1 saturated heterocycles. The molecule has 152 valence electrons. The molecular weight excluding hydrogens is 406 g/mol. The standard InChI is InChI=1S/C22H23NO4S2/c1-3-25-19-11-16(12-20-21(24)23-22(28)29-20)9-10-18(19)27-14-15(2)13-26-17-7-5-4-6-8-17/h4-12,15H,3,13-14H2,1-2H3,(H,23,24,28)/b20-12+/t15-/m0/s1. The summed E-state index contributed by atoms with van der Waals surface area (Å²) in [5.74, 6) is 2.18. The zero-order valence-corrected chi connectivity index (χ0v) is 18.0. The third kappa shape index (κ3) is 6.24. The number of amides is 1. The molecule has 1 heterocycles. The van der Waals surface area contributed by atoms with Gasteiger partial charge in [0.05, 0.1) is 24.7 Å². The fourth-order valence-electron chi connectivity index (χ4n) is 2.61. The number of hydrogen-bond donors (Lipinski definition) is 1. The van der Waals surface area contributed by atoms with Crippen molar-refractivity contribution < 1.29 is 19.0 Å². The van der Waals surface area contributed by atoms with E-state index in [1.54, 1.807) is 6.08 Å². The number of carbonyl (C=O) groups excluding carboxylic acids is 1. The maximum Gasteiger partial charge on any atom is 0.263 e. The van der Waals surface area contributed by atoms with Gasteiger partial charge in [0, 0.05) is 5.92 Å². The lowest BCUT2D eigenvalue weighted by atomic mass is 10.1. The summed E-state index contributed by atoms with van der Waals surface area (Å²) in [4.78, 5) is 12.4. The van der Waals surface area contributed by atoms with E-state index in [0.29, 0.717) is 40.5 Å². The molecule has 3 rings (SSSR count). The van der Waals surface area contributed by atoms with Crippen LogP contribution in [0.3, 0.4) is 0 Å². The van der Waals surface area contributed by atoms with Gasteiger partial charge in [-0.15, -0.1) is 0 Å². The summed E-state index contributed by atoms with van der Waals surface area (Å²) in [6.07, 6.45) is 1.79. The summed E-state index contributed by atoms with van der Waals surface area (Å²) >= 11 is 6.28. The first kappa shape index (κ1) is 21.2. The van der Waals surface area contributed by atoms with Gasteiger partial charge in [0.25, 0.3) is 5.91 Å². The summed E-state index contributed by atoms with van der Waals surface area (Å²) in [5, 5.41) is 2.61. The van der Waals surface area contributed by atoms with Crippen molar-refractivity contribution in [2.45, 2.75) is 13.8 Å². The maximum absolute atomic E-state index is 11.9. The quantitative estimate of drug-likeness (QED) is 0.462. The average molecular weight is 430 g/mol. The van der Waals surface area contributed by atoms with Gasteiger partial charge in [-0.3, -0.25) is 4.79 Å². The molecule has 0 saturated carbocycles. The number of ether oxygens (including phenoxy) is 3. The molecule has 0 radical (unpaired) electrons. The fourth-order valence-corrected chi connectivity index (χ4v) is 3.65. The fraction of sp³-hybridized carbons (Fsp3) is 0.273. The van der Waals surface area contributed by atoms with E-state index in [1.165, 1.54) is 11.8 Å². The van der Waals surface area contributed by atoms with Gasteiger partial charge in [0.1, 0.15) is 10.1 Å². The SMILES string of the molecule is CCOc1cc(/C=C2/SC(=S)NC2=O)ccc1OC[C@@H](C)COc1ccccc1. The van der Waals surface area contributed by atoms with Crippen LogP contribution in [0.1, 0.15) is 19.4 Å². The summed E-state index contributed by atoms with van der Waals surface area (Å²) in [7, 11) is 0. The second kappa shape index (κ2) is 10.3. The number of thioether (sulfide) groups is 1. The summed E-state index contributed by atoms with van der Waals surface area (Å²) < 4.78 is 18.0. The lowest BCUT2D eigenvalue weighted by molar-refractivity contribution is -0.115. The van der Waals surface area contributed by atoms with Gasteiger partial charge in [-0.1, -0.05) is 55.2 Å². The molecule has 0 aliphatic carbocycles. The monoisotopic (exact) mass is 429 g/mol. The van der Waals surface area contributed by atoms with Gasteiger partial charge in [-0.05, 0) is 42.8 Å². The van der Waals surface area contributed by atoms with Gasteiger partial charge in [0.2, 0.25) is 0 Å². The van der Waals surface area contributed by atoms with Crippen LogP contribution < -0.4 is 19.5 Å². The Morgan fingerprint density at radius 2 is 1.83 bits per heavy atom. The highest BCUT2D eigenvalue weighted by molar-refractivity contribution is 8.26. The first-order valence-corrected chi connectivity index (χ1v) is 10.6. The molecule has 1 N–H and O–H groups in total. The second-order valence-corrected chi connectivity index (χ2v) is 8.25. The third-order valence-corrected chi connectivity index (χ3v) is 5.17. The second-order valence-electron chi connectivity index (χ2n) is 6.53. The van der Waals surface area contributed by atoms with Crippen molar-refractivity contribution in [2.75, 3.05) is 19.8 Å². The zero-order chi connectivity index (χ0) is 20.6. The molecule has 1 fully saturated rings. The lowest BCUT2D eigenvalue weighted by Crippen LogP contribution is -2.17. The molecule has 1 amide bonds. The Labute approximate surface area is 180 Å². The molecule has 0 bridgehead atoms. The van der Waals surface area contributed by atoms with Crippen molar-refractivity contribution in [2.24, 2.45) is 5.92 Å². The van der Waals surface area contributed by atoms with Crippen molar-refractivity contribution in [3.63, 3.8) is 0 Å². The molecule has 5 nitrogen and oxygen atoms in total. The Morgan fingerprint density at radius 1 is 1.07 bits per heavy atom. The molecule has 29 heavy (non-hydrogen) atoms. The van der Waals surface area contributed by atoms with Crippen LogP contribution in [-0.4, -0.2) is 30.0 Å². The Hall–Kier alpha value is -2.51. The number of para-hydroxylation sites is 1. The minimum Gasteiger partial charge on any atom is -0.493 e. The predicted molar refractivity (Wildman–Crippen MR) is 121 cm³/mol. The van der Waals surface area contributed by atoms with Crippen LogP contribution in [0.4, 0.5) is 0 Å². The van der Waals surface area contributed by atoms with Gasteiger partial charge >= 0.3 is 0 Å². The van der Waals surface area contributed by atoms with E-state index in [2.05, 4.69) is 12.2 Å². The number of thiocarbonyl (C=S) groups is 1. The number of hydrogen-bond acceptors (Lipinski definition) is 6. The largest absolute Gasteiger partial charge is 0.493 e. The smallest absolute Gasteiger partial charge is 0.263 e. The van der Waals surface area contributed by atoms with Gasteiger partial charge < -0.3 is 19.5 Å². The van der Waals surface area contributed by atoms with Crippen molar-refractivity contribution >= 4 is 40.3 Å². The zero-order valence-electron chi connectivity index (χ0n) is 16.3. The van der Waals surface area contributed by atoms with Crippen LogP contribution in [0.5, 0.6) is 17.2 Å². The number of carbonyl (C=O) groups is 1. The topological polar surface area (TPSA) is 56.8 Å². The Kier molecular flexibility index (Phi) is 7.55. The van der Waals surface area contributed by atoms with E-state index >= 15 is 0 Å². The van der Waals surface area contributed by atoms with Crippen LogP contribution in [0, 0.1) is 5.92 Å². The minimum absolute atomic E-state index is 0.175. The Morgan fingerprint density at radius 3 is 2.52 bits per heavy atom. The predicted octanol–water partition coefficient (Wildman–Crippen LogP) is 4.67. The van der Waals surface area contributed by atoms with Crippen molar-refractivity contribution in [3.8, 4) is 17.2 Å². The average Bonchev–Trinajstić information content (AvgIpc) is 3.03. The first-order valence-electron chi connectivity index (χ1n) is 9.37. The van der Waals surface area contributed by atoms with Crippen LogP contribution in [0.2, 0.25) is 0 Å². The number of nitrogens with one attached hydrogen (secondary N) is 1. The van der Waals surface area contributed by atoms with Gasteiger partial charge in [0.15, 0.2) is 11.5 Å². The normalized spacial score (nSPS) is 15.9. The van der Waals surface area contributed by atoms with Crippen LogP contribution in [0.15, 0.2) is 53.4 Å². The highest BCUT2D eigenvalue weighted by atomic mass is 32.2. The van der Waals surface area contributed by atoms with Crippen molar-refractivity contribution in [1.29, 1.82) is 0 Å². The number of benzene rings is 2. The van der Waals surface area contributed by atoms with Crippen molar-refractivity contribution in [1.82, 2.24) is 5.32 Å². The van der Waals surface area contributed by atoms with E-state index < -0.39 is 0 Å². The molecular formula is C22H23NO4S2. The lowest BCUT2D eigenvalue weighted by Gasteiger charge is -2.17. The molecule has 1 atom stereocenters. The minimum atomic E-state index is -0.175. The molecule has 1 aliphatic rings. The molecule has 2 aromatic rings. The number of rotatable bonds is 9. The molecule has 2 aromatic carbocycles. The van der Waals surface area contributed by atoms with Crippen LogP contribution in [0.25, 0.3) is 6.08 Å². The summed E-state index contributed by atoms with van der Waals surface area (Å²) in [6.45, 7) is 5.57. The van der Waals surface area contributed by atoms with E-state index in [4.69, 9.17) is 26.4 Å². The van der Waals surface area contributed by atoms with E-state index in [9.17, 15) is 4.79 Å². The maximum atomic E-state index is 11.9. The highest BCUT2D eigenvalue weighted by Gasteiger charge is 2.22. The third-order valence-electron chi connectivity index (χ3n) is 4.01. The van der Waals surface area contributed by atoms with Crippen LogP contribution >= 0.6 is 24.0 Å². The molecule has 0 unspecified atom stereocenters. The molecule has 0 aromatic heterocycles. The van der Waals surface area contributed by atoms with Crippen LogP contribution in [-0.2, 0) is 4.79 Å². The van der Waals surface area contributed by atoms with Gasteiger partial charge in [-0.2, -0.15) is 0 Å². The summed E-state index contributed by atoms with van der Waals surface area (Å²) in [5.41, 5.74) is 0.851.